The van der Waals surface area contributed by atoms with Gasteiger partial charge in [0, 0.05) is 12.7 Å². The lowest BCUT2D eigenvalue weighted by Gasteiger charge is -2.05. The van der Waals surface area contributed by atoms with Crippen molar-refractivity contribution in [3.63, 3.8) is 0 Å². The number of hydrogen-bond acceptors (Lipinski definition) is 4. The van der Waals surface area contributed by atoms with E-state index in [9.17, 15) is 0 Å². The van der Waals surface area contributed by atoms with Crippen LogP contribution in [0.5, 0.6) is 0 Å². The molecular weight excluding hydrogens is 285 g/mol. The zero-order valence-corrected chi connectivity index (χ0v) is 11.4. The van der Waals surface area contributed by atoms with Gasteiger partial charge in [0.05, 0.1) is 0 Å². The summed E-state index contributed by atoms with van der Waals surface area (Å²) in [5.41, 5.74) is 2.03. The van der Waals surface area contributed by atoms with E-state index in [1.54, 1.807) is 4.57 Å². The van der Waals surface area contributed by atoms with Crippen molar-refractivity contribution in [1.29, 1.82) is 0 Å². The molecule has 19 heavy (non-hydrogen) atoms. The largest absolute Gasteiger partial charge is 0.326 e. The Morgan fingerprint density at radius 3 is 2.53 bits per heavy atom. The van der Waals surface area contributed by atoms with E-state index in [1.165, 1.54) is 0 Å². The van der Waals surface area contributed by atoms with Crippen LogP contribution in [-0.4, -0.2) is 19.5 Å². The number of aromatic nitrogens is 4. The summed E-state index contributed by atoms with van der Waals surface area (Å²) in [6.07, 6.45) is 0. The van der Waals surface area contributed by atoms with E-state index in [1.807, 2.05) is 37.4 Å². The number of aryl methyl sites for hydroxylation is 1. The highest BCUT2D eigenvalue weighted by atomic mass is 35.5. The molecule has 1 N–H and O–H groups in total. The maximum Gasteiger partial charge on any atom is 0.225 e. The highest BCUT2D eigenvalue weighted by Gasteiger charge is 2.14. The molecule has 0 aliphatic carbocycles. The number of fused-ring (bicyclic) bond motifs is 1. The van der Waals surface area contributed by atoms with Crippen LogP contribution < -0.4 is 5.32 Å². The van der Waals surface area contributed by atoms with Crippen molar-refractivity contribution in [1.82, 2.24) is 19.5 Å². The molecule has 0 unspecified atom stereocenters. The molecule has 96 valence electrons. The van der Waals surface area contributed by atoms with E-state index in [2.05, 4.69) is 20.3 Å². The highest BCUT2D eigenvalue weighted by molar-refractivity contribution is 6.35. The number of nitrogens with one attached hydrogen (secondary N) is 1. The number of anilines is 2. The Bertz CT molecular complexity index is 739. The van der Waals surface area contributed by atoms with Crippen LogP contribution in [0.3, 0.4) is 0 Å². The van der Waals surface area contributed by atoms with Crippen molar-refractivity contribution in [3.8, 4) is 0 Å². The molecule has 0 aliphatic rings. The van der Waals surface area contributed by atoms with E-state index >= 15 is 0 Å². The summed E-state index contributed by atoms with van der Waals surface area (Å²) in [5.74, 6) is 0.625. The van der Waals surface area contributed by atoms with E-state index in [0.29, 0.717) is 17.1 Å². The van der Waals surface area contributed by atoms with Crippen molar-refractivity contribution in [2.45, 2.75) is 0 Å². The van der Waals surface area contributed by atoms with Gasteiger partial charge in [0.15, 0.2) is 10.8 Å². The summed E-state index contributed by atoms with van der Waals surface area (Å²) in [6, 6.07) is 9.71. The van der Waals surface area contributed by atoms with Crippen LogP contribution >= 0.6 is 23.2 Å². The number of nitrogens with zero attached hydrogens (tertiary/aromatic N) is 4. The van der Waals surface area contributed by atoms with Crippen LogP contribution in [0.25, 0.3) is 11.2 Å². The molecule has 0 amide bonds. The minimum Gasteiger partial charge on any atom is -0.326 e. The third kappa shape index (κ3) is 2.22. The van der Waals surface area contributed by atoms with Crippen LogP contribution in [-0.2, 0) is 7.05 Å². The lowest BCUT2D eigenvalue weighted by Crippen LogP contribution is -1.99. The Balaban J connectivity index is 2.10. The van der Waals surface area contributed by atoms with E-state index < -0.39 is 0 Å². The molecule has 2 heterocycles. The van der Waals surface area contributed by atoms with Gasteiger partial charge in [-0.25, -0.2) is 4.98 Å². The number of halogens is 2. The Morgan fingerprint density at radius 1 is 1.05 bits per heavy atom. The number of para-hydroxylation sites is 1. The lowest BCUT2D eigenvalue weighted by atomic mass is 10.3. The minimum atomic E-state index is 0.0851. The lowest BCUT2D eigenvalue weighted by molar-refractivity contribution is 0.955. The summed E-state index contributed by atoms with van der Waals surface area (Å²) < 4.78 is 1.79. The first-order chi connectivity index (χ1) is 9.15. The molecule has 3 rings (SSSR count). The third-order valence-electron chi connectivity index (χ3n) is 2.69. The predicted molar refractivity (Wildman–Crippen MR) is 76.0 cm³/mol. The molecule has 5 nitrogen and oxygen atoms in total. The summed E-state index contributed by atoms with van der Waals surface area (Å²) >= 11 is 11.8. The maximum absolute atomic E-state index is 6.06. The zero-order chi connectivity index (χ0) is 13.4. The number of rotatable bonds is 2. The van der Waals surface area contributed by atoms with E-state index in [0.717, 1.165) is 5.69 Å². The quantitative estimate of drug-likeness (QED) is 0.581. The van der Waals surface area contributed by atoms with Gasteiger partial charge in [-0.3, -0.25) is 0 Å². The maximum atomic E-state index is 6.06. The van der Waals surface area contributed by atoms with Gasteiger partial charge >= 0.3 is 0 Å². The molecule has 3 aromatic rings. The van der Waals surface area contributed by atoms with Crippen LogP contribution in [0, 0.1) is 0 Å². The average Bonchev–Trinajstić information content (AvgIpc) is 2.67. The van der Waals surface area contributed by atoms with E-state index in [4.69, 9.17) is 23.2 Å². The Hall–Kier alpha value is -1.85. The standard InChI is InChI=1S/C12H9Cl2N5/c1-19-8-9(13)16-11(14)17-10(8)18-12(19)15-7-5-3-2-4-6-7/h2-6H,1H3,(H,15,16,17,18). The molecule has 0 atom stereocenters. The first kappa shape index (κ1) is 12.2. The van der Waals surface area contributed by atoms with Crippen LogP contribution in [0.2, 0.25) is 10.4 Å². The molecule has 2 aromatic heterocycles. The van der Waals surface area contributed by atoms with Crippen molar-refractivity contribution in [3.05, 3.63) is 40.8 Å². The zero-order valence-electron chi connectivity index (χ0n) is 9.93. The van der Waals surface area contributed by atoms with Crippen molar-refractivity contribution in [2.75, 3.05) is 5.32 Å². The van der Waals surface area contributed by atoms with Crippen LogP contribution in [0.4, 0.5) is 11.6 Å². The number of benzene rings is 1. The molecule has 1 aromatic carbocycles. The van der Waals surface area contributed by atoms with Gasteiger partial charge in [-0.1, -0.05) is 29.8 Å². The smallest absolute Gasteiger partial charge is 0.225 e. The highest BCUT2D eigenvalue weighted by Crippen LogP contribution is 2.25. The van der Waals surface area contributed by atoms with Crippen molar-refractivity contribution < 1.29 is 0 Å². The predicted octanol–water partition coefficient (Wildman–Crippen LogP) is 3.41. The van der Waals surface area contributed by atoms with Gasteiger partial charge in [-0.05, 0) is 23.7 Å². The van der Waals surface area contributed by atoms with Gasteiger partial charge < -0.3 is 9.88 Å². The molecule has 7 heteroatoms. The second-order valence-corrected chi connectivity index (χ2v) is 4.64. The molecule has 0 radical (unpaired) electrons. The molecule has 0 fully saturated rings. The molecule has 0 aliphatic heterocycles. The monoisotopic (exact) mass is 293 g/mol. The number of imidazole rings is 1. The molecule has 0 spiro atoms. The van der Waals surface area contributed by atoms with Gasteiger partial charge in [-0.2, -0.15) is 9.97 Å². The normalized spacial score (nSPS) is 10.9. The topological polar surface area (TPSA) is 55.6 Å². The molecule has 0 saturated heterocycles. The fraction of sp³-hybridized carbons (Fsp3) is 0.0833. The fourth-order valence-electron chi connectivity index (χ4n) is 1.80. The Morgan fingerprint density at radius 2 is 1.79 bits per heavy atom. The fourth-order valence-corrected chi connectivity index (χ4v) is 2.30. The van der Waals surface area contributed by atoms with Crippen LogP contribution in [0.15, 0.2) is 30.3 Å². The van der Waals surface area contributed by atoms with Crippen LogP contribution in [0.1, 0.15) is 0 Å². The van der Waals surface area contributed by atoms with Crippen molar-refractivity contribution in [2.24, 2.45) is 7.05 Å². The SMILES string of the molecule is Cn1c(Nc2ccccc2)nc2nc(Cl)nc(Cl)c21. The molecule has 0 saturated carbocycles. The first-order valence-corrected chi connectivity index (χ1v) is 6.28. The summed E-state index contributed by atoms with van der Waals surface area (Å²) in [5, 5.41) is 3.56. The Kier molecular flexibility index (Phi) is 3.00. The van der Waals surface area contributed by atoms with Gasteiger partial charge in [0.25, 0.3) is 0 Å². The summed E-state index contributed by atoms with van der Waals surface area (Å²) in [6.45, 7) is 0. The summed E-state index contributed by atoms with van der Waals surface area (Å²) in [7, 11) is 1.84. The first-order valence-electron chi connectivity index (χ1n) is 5.52. The van der Waals surface area contributed by atoms with Gasteiger partial charge in [0.1, 0.15) is 5.52 Å². The number of hydrogen-bond donors (Lipinski definition) is 1. The second-order valence-electron chi connectivity index (χ2n) is 3.94. The van der Waals surface area contributed by atoms with Gasteiger partial charge in [-0.15, -0.1) is 0 Å². The van der Waals surface area contributed by atoms with E-state index in [-0.39, 0.29) is 10.4 Å². The summed E-state index contributed by atoms with van der Waals surface area (Å²) in [4.78, 5) is 12.3. The third-order valence-corrected chi connectivity index (χ3v) is 3.12. The molecular formula is C12H9Cl2N5. The minimum absolute atomic E-state index is 0.0851. The molecule has 0 bridgehead atoms. The van der Waals surface area contributed by atoms with Crippen molar-refractivity contribution >= 4 is 46.0 Å². The van der Waals surface area contributed by atoms with Gasteiger partial charge in [0.2, 0.25) is 11.2 Å². The average molecular weight is 294 g/mol. The second kappa shape index (κ2) is 4.68. The Labute approximate surface area is 119 Å².